The van der Waals surface area contributed by atoms with Gasteiger partial charge in [-0.15, -0.1) is 11.8 Å². The molecular weight excluding hydrogens is 467 g/mol. The van der Waals surface area contributed by atoms with Gasteiger partial charge < -0.3 is 14.4 Å². The van der Waals surface area contributed by atoms with Gasteiger partial charge in [-0.25, -0.2) is 9.18 Å². The van der Waals surface area contributed by atoms with Crippen LogP contribution in [0.5, 0.6) is 5.75 Å². The molecule has 8 heteroatoms. The van der Waals surface area contributed by atoms with Crippen LogP contribution in [0, 0.1) is 19.7 Å². The highest BCUT2D eigenvalue weighted by molar-refractivity contribution is 7.98. The van der Waals surface area contributed by atoms with Crippen LogP contribution in [-0.4, -0.2) is 27.2 Å². The Labute approximate surface area is 205 Å². The third-order valence-corrected chi connectivity index (χ3v) is 7.24. The summed E-state index contributed by atoms with van der Waals surface area (Å²) in [4.78, 5) is 29.9. The average molecular weight is 491 g/mol. The summed E-state index contributed by atoms with van der Waals surface area (Å²) in [5, 5.41) is 9.77. The molecule has 2 aromatic heterocycles. The highest BCUT2D eigenvalue weighted by Crippen LogP contribution is 2.47. The Hall–Kier alpha value is -3.65. The lowest BCUT2D eigenvalue weighted by Gasteiger charge is -2.30. The number of aromatic nitrogens is 2. The minimum Gasteiger partial charge on any atom is -0.488 e. The zero-order chi connectivity index (χ0) is 24.9. The van der Waals surface area contributed by atoms with Gasteiger partial charge in [-0.05, 0) is 44.0 Å². The molecule has 6 nitrogen and oxygen atoms in total. The van der Waals surface area contributed by atoms with Crippen LogP contribution in [-0.2, 0) is 5.75 Å². The molecule has 4 aromatic rings. The Morgan fingerprint density at radius 3 is 2.57 bits per heavy atom. The van der Waals surface area contributed by atoms with Crippen molar-refractivity contribution in [3.8, 4) is 16.9 Å². The van der Waals surface area contributed by atoms with Gasteiger partial charge >= 0.3 is 5.97 Å². The summed E-state index contributed by atoms with van der Waals surface area (Å²) in [6.07, 6.45) is 1.35. The first kappa shape index (κ1) is 23.1. The van der Waals surface area contributed by atoms with E-state index in [-0.39, 0.29) is 39.8 Å². The number of aromatic carboxylic acids is 1. The molecule has 1 aliphatic heterocycles. The van der Waals surface area contributed by atoms with Gasteiger partial charge in [0.05, 0.1) is 27.4 Å². The third-order valence-electron chi connectivity index (χ3n) is 6.09. The van der Waals surface area contributed by atoms with Crippen molar-refractivity contribution in [2.45, 2.75) is 37.5 Å². The fraction of sp³-hybridized carbons (Fsp3) is 0.222. The number of carboxylic acids is 1. The van der Waals surface area contributed by atoms with Gasteiger partial charge in [0.2, 0.25) is 5.43 Å². The van der Waals surface area contributed by atoms with Crippen molar-refractivity contribution in [3.63, 3.8) is 0 Å². The fourth-order valence-corrected chi connectivity index (χ4v) is 5.61. The molecule has 2 aromatic carbocycles. The van der Waals surface area contributed by atoms with E-state index in [1.165, 1.54) is 18.0 Å². The second-order valence-corrected chi connectivity index (χ2v) is 9.71. The van der Waals surface area contributed by atoms with Gasteiger partial charge in [-0.3, -0.25) is 9.78 Å². The van der Waals surface area contributed by atoms with E-state index in [4.69, 9.17) is 4.74 Å². The van der Waals surface area contributed by atoms with Crippen LogP contribution in [0.2, 0.25) is 0 Å². The second kappa shape index (κ2) is 8.85. The van der Waals surface area contributed by atoms with Crippen molar-refractivity contribution >= 4 is 28.6 Å². The number of rotatable bonds is 5. The van der Waals surface area contributed by atoms with E-state index in [1.807, 2.05) is 51.1 Å². The third kappa shape index (κ3) is 3.97. The summed E-state index contributed by atoms with van der Waals surface area (Å²) in [7, 11) is 0. The first-order valence-corrected chi connectivity index (χ1v) is 12.2. The zero-order valence-corrected chi connectivity index (χ0v) is 20.3. The smallest absolute Gasteiger partial charge is 0.341 e. The topological polar surface area (TPSA) is 81.4 Å². The first-order chi connectivity index (χ1) is 16.8. The molecule has 5 rings (SSSR count). The van der Waals surface area contributed by atoms with E-state index in [0.29, 0.717) is 16.8 Å². The SMILES string of the molecule is Cc1cc(-c2c(F)c(SCc3ccccc3)c3c(=O)c(C(=O)O)cn4c3c2OC[C@@H]4C)cc(C)n1. The summed E-state index contributed by atoms with van der Waals surface area (Å²) in [5.74, 6) is -1.28. The number of carbonyl (C=O) groups is 1. The Morgan fingerprint density at radius 2 is 1.91 bits per heavy atom. The van der Waals surface area contributed by atoms with Crippen LogP contribution in [0.4, 0.5) is 4.39 Å². The van der Waals surface area contributed by atoms with Gasteiger partial charge in [0.25, 0.3) is 0 Å². The highest BCUT2D eigenvalue weighted by Gasteiger charge is 2.32. The molecular formula is C27H23FN2O4S. The largest absolute Gasteiger partial charge is 0.488 e. The standard InChI is InChI=1S/C27H23FN2O4S/c1-14-9-18(10-15(2)29-14)20-22(28)26(35-13-17-7-5-4-6-8-17)21-23-25(20)34-12-16(3)30(23)11-19(24(21)31)27(32)33/h4-11,16H,12-13H2,1-3H3,(H,32,33)/t16-/m0/s1. The molecule has 0 bridgehead atoms. The molecule has 0 aliphatic carbocycles. The molecule has 0 amide bonds. The van der Waals surface area contributed by atoms with Gasteiger partial charge in [0.1, 0.15) is 18.0 Å². The van der Waals surface area contributed by atoms with Gasteiger partial charge in [-0.1, -0.05) is 30.3 Å². The number of hydrogen-bond donors (Lipinski definition) is 1. The number of benzene rings is 2. The zero-order valence-electron chi connectivity index (χ0n) is 19.5. The molecule has 1 aliphatic rings. The van der Waals surface area contributed by atoms with Crippen molar-refractivity contribution in [3.05, 3.63) is 87.2 Å². The normalized spacial score (nSPS) is 14.7. The molecule has 0 radical (unpaired) electrons. The molecule has 1 N–H and O–H groups in total. The van der Waals surface area contributed by atoms with Crippen LogP contribution in [0.25, 0.3) is 22.0 Å². The number of nitrogens with zero attached hydrogens (tertiary/aromatic N) is 2. The number of ether oxygens (including phenoxy) is 1. The number of halogens is 1. The maximum atomic E-state index is 16.5. The van der Waals surface area contributed by atoms with E-state index < -0.39 is 17.2 Å². The van der Waals surface area contributed by atoms with E-state index in [2.05, 4.69) is 4.98 Å². The monoisotopic (exact) mass is 490 g/mol. The minimum atomic E-state index is -1.34. The minimum absolute atomic E-state index is 0.0381. The van der Waals surface area contributed by atoms with Crippen molar-refractivity contribution < 1.29 is 19.0 Å². The number of pyridine rings is 2. The van der Waals surface area contributed by atoms with Crippen LogP contribution in [0.3, 0.4) is 0 Å². The fourth-order valence-electron chi connectivity index (χ4n) is 4.54. The van der Waals surface area contributed by atoms with Crippen LogP contribution < -0.4 is 10.2 Å². The summed E-state index contributed by atoms with van der Waals surface area (Å²) in [6, 6.07) is 12.9. The summed E-state index contributed by atoms with van der Waals surface area (Å²) < 4.78 is 24.2. The van der Waals surface area contributed by atoms with Gasteiger partial charge in [-0.2, -0.15) is 0 Å². The van der Waals surface area contributed by atoms with Crippen LogP contribution in [0.1, 0.15) is 40.3 Å². The molecule has 0 unspecified atom stereocenters. The van der Waals surface area contributed by atoms with E-state index >= 15 is 4.39 Å². The molecule has 1 atom stereocenters. The number of aryl methyl sites for hydroxylation is 2. The summed E-state index contributed by atoms with van der Waals surface area (Å²) >= 11 is 1.18. The quantitative estimate of drug-likeness (QED) is 0.358. The van der Waals surface area contributed by atoms with E-state index in [0.717, 1.165) is 17.0 Å². The molecule has 0 fully saturated rings. The molecule has 0 saturated carbocycles. The Morgan fingerprint density at radius 1 is 1.23 bits per heavy atom. The van der Waals surface area contributed by atoms with Crippen LogP contribution >= 0.6 is 11.8 Å². The molecule has 0 spiro atoms. The molecule has 3 heterocycles. The predicted molar refractivity (Wildman–Crippen MR) is 134 cm³/mol. The maximum absolute atomic E-state index is 16.5. The Balaban J connectivity index is 1.88. The second-order valence-electron chi connectivity index (χ2n) is 8.73. The van der Waals surface area contributed by atoms with E-state index in [1.54, 1.807) is 16.7 Å². The van der Waals surface area contributed by atoms with E-state index in [9.17, 15) is 14.7 Å². The number of thioether (sulfide) groups is 1. The number of hydrogen-bond acceptors (Lipinski definition) is 5. The van der Waals surface area contributed by atoms with Gasteiger partial charge in [0, 0.05) is 23.3 Å². The highest BCUT2D eigenvalue weighted by atomic mass is 32.2. The molecule has 35 heavy (non-hydrogen) atoms. The average Bonchev–Trinajstić information content (AvgIpc) is 2.81. The Bertz CT molecular complexity index is 1530. The maximum Gasteiger partial charge on any atom is 0.341 e. The lowest BCUT2D eigenvalue weighted by molar-refractivity contribution is 0.0694. The van der Waals surface area contributed by atoms with Crippen molar-refractivity contribution in [2.75, 3.05) is 6.61 Å². The van der Waals surface area contributed by atoms with Crippen molar-refractivity contribution in [2.24, 2.45) is 0 Å². The van der Waals surface area contributed by atoms with Gasteiger partial charge in [0.15, 0.2) is 5.75 Å². The van der Waals surface area contributed by atoms with Crippen LogP contribution in [0.15, 0.2) is 58.4 Å². The summed E-state index contributed by atoms with van der Waals surface area (Å²) in [5.41, 5.74) is 2.58. The number of carboxylic acid groups (broad SMARTS) is 1. The molecule has 178 valence electrons. The van der Waals surface area contributed by atoms with Crippen molar-refractivity contribution in [1.82, 2.24) is 9.55 Å². The predicted octanol–water partition coefficient (Wildman–Crippen LogP) is 5.76. The summed E-state index contributed by atoms with van der Waals surface area (Å²) in [6.45, 7) is 5.77. The Kier molecular flexibility index (Phi) is 5.84. The molecule has 0 saturated heterocycles. The first-order valence-electron chi connectivity index (χ1n) is 11.2. The van der Waals surface area contributed by atoms with Crippen molar-refractivity contribution in [1.29, 1.82) is 0 Å². The lowest BCUT2D eigenvalue weighted by Crippen LogP contribution is -2.27. The lowest BCUT2D eigenvalue weighted by atomic mass is 9.98.